The van der Waals surface area contributed by atoms with Crippen molar-refractivity contribution in [2.75, 3.05) is 5.32 Å². The van der Waals surface area contributed by atoms with E-state index in [-0.39, 0.29) is 16.6 Å². The van der Waals surface area contributed by atoms with E-state index in [2.05, 4.69) is 26.6 Å². The Morgan fingerprint density at radius 1 is 1.38 bits per heavy atom. The molecule has 0 saturated heterocycles. The fourth-order valence-corrected chi connectivity index (χ4v) is 1.80. The number of carboxylic acids is 1. The van der Waals surface area contributed by atoms with Gasteiger partial charge in [0.1, 0.15) is 6.04 Å². The van der Waals surface area contributed by atoms with Crippen LogP contribution >= 0.6 is 15.9 Å². The van der Waals surface area contributed by atoms with E-state index >= 15 is 0 Å². The fraction of sp³-hybridized carbons (Fsp3) is 0.333. The van der Waals surface area contributed by atoms with Gasteiger partial charge in [0, 0.05) is 4.47 Å². The van der Waals surface area contributed by atoms with Gasteiger partial charge in [0.15, 0.2) is 0 Å². The average Bonchev–Trinajstić information content (AvgIpc) is 2.36. The first-order valence-electron chi connectivity index (χ1n) is 5.82. The SMILES string of the molecule is CC[C@H](NC(=O)Nc1cc(C(F)(F)F)ccc1Br)C(=O)O. The van der Waals surface area contributed by atoms with Crippen LogP contribution in [0, 0.1) is 0 Å². The third kappa shape index (κ3) is 4.92. The Labute approximate surface area is 126 Å². The molecule has 2 amide bonds. The van der Waals surface area contributed by atoms with Crippen LogP contribution in [0.25, 0.3) is 0 Å². The summed E-state index contributed by atoms with van der Waals surface area (Å²) in [7, 11) is 0. The molecule has 21 heavy (non-hydrogen) atoms. The van der Waals surface area contributed by atoms with Crippen LogP contribution in [0.5, 0.6) is 0 Å². The lowest BCUT2D eigenvalue weighted by Gasteiger charge is -2.15. The van der Waals surface area contributed by atoms with Crippen LogP contribution in [-0.2, 0) is 11.0 Å². The number of rotatable bonds is 4. The highest BCUT2D eigenvalue weighted by Gasteiger charge is 2.31. The summed E-state index contributed by atoms with van der Waals surface area (Å²) in [5, 5.41) is 13.1. The molecule has 0 unspecified atom stereocenters. The number of amides is 2. The number of aliphatic carboxylic acids is 1. The van der Waals surface area contributed by atoms with Gasteiger partial charge in [-0.15, -0.1) is 0 Å². The van der Waals surface area contributed by atoms with Gasteiger partial charge in [-0.3, -0.25) is 0 Å². The molecule has 1 rings (SSSR count). The Hall–Kier alpha value is -1.77. The van der Waals surface area contributed by atoms with Crippen LogP contribution in [0.15, 0.2) is 22.7 Å². The Bertz CT molecular complexity index is 549. The highest BCUT2D eigenvalue weighted by molar-refractivity contribution is 9.10. The van der Waals surface area contributed by atoms with E-state index in [0.717, 1.165) is 18.2 Å². The molecule has 0 aromatic heterocycles. The summed E-state index contributed by atoms with van der Waals surface area (Å²) in [6, 6.07) is 0.747. The standard InChI is InChI=1S/C12H12BrF3N2O3/c1-2-8(10(19)20)17-11(21)18-9-5-6(12(14,15)16)3-4-7(9)13/h3-5,8H,2H2,1H3,(H,19,20)(H2,17,18,21)/t8-/m0/s1. The first-order chi connectivity index (χ1) is 9.65. The molecule has 5 nitrogen and oxygen atoms in total. The minimum absolute atomic E-state index is 0.109. The predicted octanol–water partition coefficient (Wildman–Crippen LogP) is 3.45. The monoisotopic (exact) mass is 368 g/mol. The average molecular weight is 369 g/mol. The van der Waals surface area contributed by atoms with Gasteiger partial charge in [-0.25, -0.2) is 9.59 Å². The van der Waals surface area contributed by atoms with E-state index in [0.29, 0.717) is 0 Å². The Morgan fingerprint density at radius 2 is 2.00 bits per heavy atom. The van der Waals surface area contributed by atoms with E-state index in [1.54, 1.807) is 6.92 Å². The van der Waals surface area contributed by atoms with Crippen molar-refractivity contribution in [3.63, 3.8) is 0 Å². The normalized spacial score (nSPS) is 12.6. The fourth-order valence-electron chi connectivity index (χ4n) is 1.45. The molecule has 0 fully saturated rings. The summed E-state index contributed by atoms with van der Waals surface area (Å²) in [6.45, 7) is 1.55. The molecular formula is C12H12BrF3N2O3. The predicted molar refractivity (Wildman–Crippen MR) is 73.0 cm³/mol. The molecule has 0 radical (unpaired) electrons. The van der Waals surface area contributed by atoms with Crippen molar-refractivity contribution < 1.29 is 27.9 Å². The van der Waals surface area contributed by atoms with Crippen molar-refractivity contribution in [1.82, 2.24) is 5.32 Å². The van der Waals surface area contributed by atoms with E-state index < -0.39 is 29.8 Å². The molecule has 0 heterocycles. The van der Waals surface area contributed by atoms with Crippen LogP contribution < -0.4 is 10.6 Å². The number of carboxylic acid groups (broad SMARTS) is 1. The number of hydrogen-bond acceptors (Lipinski definition) is 2. The number of urea groups is 1. The summed E-state index contributed by atoms with van der Waals surface area (Å²) >= 11 is 3.01. The number of hydrogen-bond donors (Lipinski definition) is 3. The molecule has 1 atom stereocenters. The maximum atomic E-state index is 12.6. The minimum Gasteiger partial charge on any atom is -0.480 e. The van der Waals surface area contributed by atoms with Crippen LogP contribution in [-0.4, -0.2) is 23.1 Å². The molecule has 0 aliphatic carbocycles. The number of halogens is 4. The zero-order valence-electron chi connectivity index (χ0n) is 10.8. The lowest BCUT2D eigenvalue weighted by molar-refractivity contribution is -0.139. The number of nitrogens with one attached hydrogen (secondary N) is 2. The second-order valence-corrected chi connectivity index (χ2v) is 4.94. The van der Waals surface area contributed by atoms with Gasteiger partial charge < -0.3 is 15.7 Å². The topological polar surface area (TPSA) is 78.4 Å². The van der Waals surface area contributed by atoms with Crippen LogP contribution in [0.1, 0.15) is 18.9 Å². The van der Waals surface area contributed by atoms with Crippen molar-refractivity contribution in [3.05, 3.63) is 28.2 Å². The molecule has 0 bridgehead atoms. The summed E-state index contributed by atoms with van der Waals surface area (Å²) < 4.78 is 38.0. The van der Waals surface area contributed by atoms with E-state index in [4.69, 9.17) is 5.11 Å². The lowest BCUT2D eigenvalue weighted by Crippen LogP contribution is -2.42. The van der Waals surface area contributed by atoms with E-state index in [9.17, 15) is 22.8 Å². The van der Waals surface area contributed by atoms with Gasteiger partial charge in [0.2, 0.25) is 0 Å². The molecule has 1 aromatic rings. The van der Waals surface area contributed by atoms with Gasteiger partial charge in [-0.05, 0) is 40.5 Å². The van der Waals surface area contributed by atoms with Gasteiger partial charge in [-0.2, -0.15) is 13.2 Å². The third-order valence-electron chi connectivity index (χ3n) is 2.55. The smallest absolute Gasteiger partial charge is 0.416 e. The number of carbonyl (C=O) groups is 2. The highest BCUT2D eigenvalue weighted by Crippen LogP contribution is 2.33. The van der Waals surface area contributed by atoms with E-state index in [1.165, 1.54) is 0 Å². The lowest BCUT2D eigenvalue weighted by atomic mass is 10.2. The second kappa shape index (κ2) is 6.79. The molecule has 9 heteroatoms. The molecule has 3 N–H and O–H groups in total. The van der Waals surface area contributed by atoms with Gasteiger partial charge >= 0.3 is 18.2 Å². The maximum absolute atomic E-state index is 12.6. The van der Waals surface area contributed by atoms with Gasteiger partial charge in [0.05, 0.1) is 11.3 Å². The number of alkyl halides is 3. The Kier molecular flexibility index (Phi) is 5.59. The Balaban J connectivity index is 2.87. The van der Waals surface area contributed by atoms with Crippen molar-refractivity contribution in [2.45, 2.75) is 25.6 Å². The van der Waals surface area contributed by atoms with E-state index in [1.807, 2.05) is 0 Å². The largest absolute Gasteiger partial charge is 0.480 e. The zero-order valence-corrected chi connectivity index (χ0v) is 12.4. The first kappa shape index (κ1) is 17.3. The second-order valence-electron chi connectivity index (χ2n) is 4.09. The van der Waals surface area contributed by atoms with Crippen molar-refractivity contribution in [3.8, 4) is 0 Å². The van der Waals surface area contributed by atoms with Crippen molar-refractivity contribution in [1.29, 1.82) is 0 Å². The third-order valence-corrected chi connectivity index (χ3v) is 3.25. The van der Waals surface area contributed by atoms with Gasteiger partial charge in [-0.1, -0.05) is 6.92 Å². The number of benzene rings is 1. The van der Waals surface area contributed by atoms with Gasteiger partial charge in [0.25, 0.3) is 0 Å². The first-order valence-corrected chi connectivity index (χ1v) is 6.61. The highest BCUT2D eigenvalue weighted by atomic mass is 79.9. The summed E-state index contributed by atoms with van der Waals surface area (Å²) in [6.07, 6.45) is -4.40. The van der Waals surface area contributed by atoms with Crippen LogP contribution in [0.4, 0.5) is 23.7 Å². The maximum Gasteiger partial charge on any atom is 0.416 e. The molecule has 0 aliphatic heterocycles. The van der Waals surface area contributed by atoms with Crippen molar-refractivity contribution in [2.24, 2.45) is 0 Å². The molecule has 0 spiro atoms. The molecule has 0 saturated carbocycles. The van der Waals surface area contributed by atoms with Crippen molar-refractivity contribution >= 4 is 33.6 Å². The number of anilines is 1. The molecule has 1 aromatic carbocycles. The zero-order chi connectivity index (χ0) is 16.2. The Morgan fingerprint density at radius 3 is 2.48 bits per heavy atom. The summed E-state index contributed by atoms with van der Waals surface area (Å²) in [5.74, 6) is -1.23. The molecule has 0 aliphatic rings. The van der Waals surface area contributed by atoms with Crippen LogP contribution in [0.3, 0.4) is 0 Å². The molecule has 116 valence electrons. The summed E-state index contributed by atoms with van der Waals surface area (Å²) in [4.78, 5) is 22.4. The van der Waals surface area contributed by atoms with Crippen LogP contribution in [0.2, 0.25) is 0 Å². The number of carbonyl (C=O) groups excluding carboxylic acids is 1. The minimum atomic E-state index is -4.54. The molecular weight excluding hydrogens is 357 g/mol. The quantitative estimate of drug-likeness (QED) is 0.761. The summed E-state index contributed by atoms with van der Waals surface area (Å²) in [5.41, 5.74) is -1.03.